The molecular weight excluding hydrogens is 604 g/mol. The lowest BCUT2D eigenvalue weighted by Crippen LogP contribution is -2.37. The molecule has 2 bridgehead atoms. The Hall–Kier alpha value is -2.52. The van der Waals surface area contributed by atoms with Crippen LogP contribution in [0.1, 0.15) is 24.0 Å². The number of carbonyl (C=O) groups excluding carboxylic acids is 4. The summed E-state index contributed by atoms with van der Waals surface area (Å²) in [6, 6.07) is 12.6. The standard InChI is InChI=1S/C28H26Br2N2O5/c1-13-4-3-5-16(8-13)31-12-15(10-21(31)33)28(36)37-17-6-7-20(14(2)9-17)32-26(34)22-18-11-19(23(22)27(32)35)25(30)24(18)29/h3-9,15,18-19,22-25H,10-12H2,1-2H3/t15-,18-,19-,22-,23+,24+,25+/m1/s1. The van der Waals surface area contributed by atoms with Crippen LogP contribution < -0.4 is 14.5 Å². The highest BCUT2D eigenvalue weighted by Gasteiger charge is 2.66. The zero-order chi connectivity index (χ0) is 26.2. The molecule has 2 heterocycles. The third-order valence-corrected chi connectivity index (χ3v) is 11.6. The predicted molar refractivity (Wildman–Crippen MR) is 145 cm³/mol. The monoisotopic (exact) mass is 628 g/mol. The summed E-state index contributed by atoms with van der Waals surface area (Å²) in [6.45, 7) is 4.02. The van der Waals surface area contributed by atoms with Gasteiger partial charge in [0.05, 0.1) is 23.4 Å². The molecule has 192 valence electrons. The minimum Gasteiger partial charge on any atom is -0.426 e. The Morgan fingerprint density at radius 3 is 2.24 bits per heavy atom. The lowest BCUT2D eigenvalue weighted by molar-refractivity contribution is -0.139. The normalized spacial score (nSPS) is 32.4. The van der Waals surface area contributed by atoms with Gasteiger partial charge in [-0.3, -0.25) is 19.2 Å². The molecule has 37 heavy (non-hydrogen) atoms. The van der Waals surface area contributed by atoms with E-state index in [0.29, 0.717) is 17.0 Å². The lowest BCUT2D eigenvalue weighted by atomic mass is 9.81. The van der Waals surface area contributed by atoms with Gasteiger partial charge in [-0.15, -0.1) is 0 Å². The predicted octanol–water partition coefficient (Wildman–Crippen LogP) is 4.54. The molecular formula is C28H26Br2N2O5. The first-order valence-corrected chi connectivity index (χ1v) is 14.3. The van der Waals surface area contributed by atoms with Crippen molar-refractivity contribution in [2.24, 2.45) is 29.6 Å². The molecule has 3 amide bonds. The summed E-state index contributed by atoms with van der Waals surface area (Å²) >= 11 is 7.44. The fraction of sp³-hybridized carbons (Fsp3) is 0.429. The van der Waals surface area contributed by atoms with Gasteiger partial charge in [0.15, 0.2) is 0 Å². The third-order valence-electron chi connectivity index (χ3n) is 8.39. The van der Waals surface area contributed by atoms with Gasteiger partial charge in [0.2, 0.25) is 17.7 Å². The summed E-state index contributed by atoms with van der Waals surface area (Å²) in [5.41, 5.74) is 3.02. The van der Waals surface area contributed by atoms with Crippen LogP contribution in [-0.4, -0.2) is 39.9 Å². The molecule has 2 aromatic carbocycles. The molecule has 0 radical (unpaired) electrons. The molecule has 0 N–H and O–H groups in total. The number of benzene rings is 2. The van der Waals surface area contributed by atoms with Crippen molar-refractivity contribution >= 4 is 66.9 Å². The van der Waals surface area contributed by atoms with Gasteiger partial charge in [0.1, 0.15) is 5.75 Å². The van der Waals surface area contributed by atoms with Crippen molar-refractivity contribution in [3.8, 4) is 5.75 Å². The second-order valence-corrected chi connectivity index (χ2v) is 12.7. The van der Waals surface area contributed by atoms with Gasteiger partial charge in [0, 0.05) is 28.3 Å². The van der Waals surface area contributed by atoms with Crippen LogP contribution in [0.15, 0.2) is 42.5 Å². The molecule has 2 aliphatic heterocycles. The van der Waals surface area contributed by atoms with E-state index in [1.165, 1.54) is 4.90 Å². The number of hydrogen-bond acceptors (Lipinski definition) is 5. The molecule has 0 aromatic heterocycles. The number of aryl methyl sites for hydroxylation is 2. The molecule has 2 aliphatic carbocycles. The zero-order valence-electron chi connectivity index (χ0n) is 20.4. The molecule has 2 saturated carbocycles. The van der Waals surface area contributed by atoms with Crippen molar-refractivity contribution < 1.29 is 23.9 Å². The molecule has 7 atom stereocenters. The second-order valence-electron chi connectivity index (χ2n) is 10.6. The van der Waals surface area contributed by atoms with Gasteiger partial charge in [-0.25, -0.2) is 4.90 Å². The molecule has 4 fully saturated rings. The van der Waals surface area contributed by atoms with Crippen LogP contribution in [0.25, 0.3) is 0 Å². The molecule has 6 rings (SSSR count). The SMILES string of the molecule is Cc1cccc(N2C[C@H](C(=O)Oc3ccc(N4C(=O)[C@@H]5[C@H]6C[C@@H]([C@H](Br)[C@H]6Br)[C@@H]5C4=O)c(C)c3)CC2=O)c1. The Labute approximate surface area is 231 Å². The number of esters is 1. The van der Waals surface area contributed by atoms with E-state index in [1.807, 2.05) is 31.2 Å². The van der Waals surface area contributed by atoms with E-state index in [4.69, 9.17) is 4.74 Å². The second kappa shape index (κ2) is 9.05. The number of fused-ring (bicyclic) bond motifs is 5. The Balaban J connectivity index is 1.16. The average Bonchev–Trinajstić information content (AvgIpc) is 3.58. The number of ether oxygens (including phenoxy) is 1. The smallest absolute Gasteiger partial charge is 0.316 e. The Morgan fingerprint density at radius 2 is 1.62 bits per heavy atom. The van der Waals surface area contributed by atoms with Gasteiger partial charge in [0.25, 0.3) is 0 Å². The van der Waals surface area contributed by atoms with Crippen LogP contribution in [0.5, 0.6) is 5.75 Å². The highest BCUT2D eigenvalue weighted by atomic mass is 79.9. The molecule has 2 aromatic rings. The molecule has 9 heteroatoms. The first-order chi connectivity index (χ1) is 17.7. The number of halogens is 2. The minimum absolute atomic E-state index is 0.0921. The van der Waals surface area contributed by atoms with E-state index in [1.54, 1.807) is 30.0 Å². The van der Waals surface area contributed by atoms with Crippen molar-refractivity contribution in [1.29, 1.82) is 0 Å². The van der Waals surface area contributed by atoms with Crippen molar-refractivity contribution in [2.75, 3.05) is 16.3 Å². The van der Waals surface area contributed by atoms with Gasteiger partial charge < -0.3 is 9.64 Å². The fourth-order valence-corrected chi connectivity index (χ4v) is 8.51. The van der Waals surface area contributed by atoms with E-state index in [-0.39, 0.29) is 64.0 Å². The maximum Gasteiger partial charge on any atom is 0.316 e. The molecule has 2 saturated heterocycles. The van der Waals surface area contributed by atoms with Crippen LogP contribution in [0.4, 0.5) is 11.4 Å². The van der Waals surface area contributed by atoms with Crippen molar-refractivity contribution in [3.63, 3.8) is 0 Å². The quantitative estimate of drug-likeness (QED) is 0.215. The van der Waals surface area contributed by atoms with Gasteiger partial charge in [-0.1, -0.05) is 44.0 Å². The maximum atomic E-state index is 13.4. The Bertz CT molecular complexity index is 1310. The molecule has 0 unspecified atom stereocenters. The van der Waals surface area contributed by atoms with E-state index in [0.717, 1.165) is 17.7 Å². The van der Waals surface area contributed by atoms with Crippen LogP contribution in [-0.2, 0) is 19.2 Å². The van der Waals surface area contributed by atoms with Gasteiger partial charge in [-0.2, -0.15) is 0 Å². The maximum absolute atomic E-state index is 13.4. The van der Waals surface area contributed by atoms with Crippen molar-refractivity contribution in [1.82, 2.24) is 0 Å². The number of imide groups is 1. The largest absolute Gasteiger partial charge is 0.426 e. The molecule has 4 aliphatic rings. The summed E-state index contributed by atoms with van der Waals surface area (Å²) in [6.07, 6.45) is 0.972. The number of hydrogen-bond donors (Lipinski definition) is 0. The highest BCUT2D eigenvalue weighted by molar-refractivity contribution is 9.12. The first-order valence-electron chi connectivity index (χ1n) is 12.5. The molecule has 0 spiro atoms. The minimum atomic E-state index is -0.570. The number of nitrogens with zero attached hydrogens (tertiary/aromatic N) is 2. The summed E-state index contributed by atoms with van der Waals surface area (Å²) < 4.78 is 5.63. The average molecular weight is 630 g/mol. The van der Waals surface area contributed by atoms with Crippen LogP contribution in [0, 0.1) is 43.4 Å². The Morgan fingerprint density at radius 1 is 0.946 bits per heavy atom. The number of rotatable bonds is 4. The summed E-state index contributed by atoms with van der Waals surface area (Å²) in [7, 11) is 0. The van der Waals surface area contributed by atoms with Gasteiger partial charge >= 0.3 is 5.97 Å². The van der Waals surface area contributed by atoms with E-state index in [9.17, 15) is 19.2 Å². The van der Waals surface area contributed by atoms with Crippen LogP contribution >= 0.6 is 31.9 Å². The summed E-state index contributed by atoms with van der Waals surface area (Å²) in [5, 5.41) is 0. The van der Waals surface area contributed by atoms with Crippen molar-refractivity contribution in [3.05, 3.63) is 53.6 Å². The fourth-order valence-electron chi connectivity index (χ4n) is 6.64. The summed E-state index contributed by atoms with van der Waals surface area (Å²) in [5.74, 6) is -1.38. The van der Waals surface area contributed by atoms with E-state index in [2.05, 4.69) is 31.9 Å². The van der Waals surface area contributed by atoms with E-state index >= 15 is 0 Å². The van der Waals surface area contributed by atoms with Crippen molar-refractivity contribution in [2.45, 2.75) is 36.3 Å². The zero-order valence-corrected chi connectivity index (χ0v) is 23.6. The van der Waals surface area contributed by atoms with Crippen LogP contribution in [0.2, 0.25) is 0 Å². The number of anilines is 2. The molecule has 7 nitrogen and oxygen atoms in total. The lowest BCUT2D eigenvalue weighted by Gasteiger charge is -2.28. The van der Waals surface area contributed by atoms with E-state index < -0.39 is 11.9 Å². The number of carbonyl (C=O) groups is 4. The topological polar surface area (TPSA) is 84.0 Å². The van der Waals surface area contributed by atoms with Gasteiger partial charge in [-0.05, 0) is 73.6 Å². The summed E-state index contributed by atoms with van der Waals surface area (Å²) in [4.78, 5) is 55.5. The highest BCUT2D eigenvalue weighted by Crippen LogP contribution is 2.60. The van der Waals surface area contributed by atoms with Crippen LogP contribution in [0.3, 0.4) is 0 Å². The third kappa shape index (κ3) is 3.88. The first kappa shape index (κ1) is 24.8. The number of alkyl halides is 2. The Kier molecular flexibility index (Phi) is 6.06. The number of amides is 3.